The average molecular weight is 383 g/mol. The summed E-state index contributed by atoms with van der Waals surface area (Å²) >= 11 is 7.61. The molecular formula is C20H15ClN2O2S. The van der Waals surface area contributed by atoms with E-state index in [0.29, 0.717) is 27.5 Å². The standard InChI is InChI=1S/C20H15ClN2O2S/c1-13-6-8-15(9-7-13)23-19(24)18-17(10-11-26-18)22(20(23)25)12-14-4-2-3-5-16(14)21/h2-11H,12H2,1H3. The number of benzene rings is 2. The van der Waals surface area contributed by atoms with Gasteiger partial charge >= 0.3 is 5.69 Å². The number of nitrogens with zero attached hydrogens (tertiary/aromatic N) is 2. The zero-order chi connectivity index (χ0) is 18.3. The molecule has 4 aromatic rings. The lowest BCUT2D eigenvalue weighted by Gasteiger charge is -2.13. The first-order valence-electron chi connectivity index (χ1n) is 8.10. The molecule has 0 saturated heterocycles. The summed E-state index contributed by atoms with van der Waals surface area (Å²) in [5, 5.41) is 2.42. The van der Waals surface area contributed by atoms with Gasteiger partial charge in [-0.05, 0) is 42.1 Å². The second-order valence-electron chi connectivity index (χ2n) is 6.07. The largest absolute Gasteiger partial charge is 0.336 e. The van der Waals surface area contributed by atoms with Crippen molar-refractivity contribution in [3.05, 3.63) is 97.0 Å². The molecule has 0 radical (unpaired) electrons. The molecule has 0 amide bonds. The van der Waals surface area contributed by atoms with Crippen LogP contribution in [-0.4, -0.2) is 9.13 Å². The molecular weight excluding hydrogens is 368 g/mol. The maximum Gasteiger partial charge on any atom is 0.336 e. The number of halogens is 1. The van der Waals surface area contributed by atoms with Crippen LogP contribution in [0.1, 0.15) is 11.1 Å². The van der Waals surface area contributed by atoms with Gasteiger partial charge in [0.25, 0.3) is 5.56 Å². The molecule has 26 heavy (non-hydrogen) atoms. The molecule has 0 atom stereocenters. The van der Waals surface area contributed by atoms with Gasteiger partial charge in [-0.2, -0.15) is 0 Å². The molecule has 4 nitrogen and oxygen atoms in total. The fourth-order valence-corrected chi connectivity index (χ4v) is 3.98. The van der Waals surface area contributed by atoms with Crippen molar-refractivity contribution in [3.8, 4) is 5.69 Å². The Morgan fingerprint density at radius 3 is 2.46 bits per heavy atom. The van der Waals surface area contributed by atoms with E-state index in [4.69, 9.17) is 11.6 Å². The van der Waals surface area contributed by atoms with E-state index in [9.17, 15) is 9.59 Å². The minimum atomic E-state index is -0.371. The van der Waals surface area contributed by atoms with Gasteiger partial charge in [0.15, 0.2) is 0 Å². The summed E-state index contributed by atoms with van der Waals surface area (Å²) in [5.74, 6) is 0. The van der Waals surface area contributed by atoms with Gasteiger partial charge in [-0.3, -0.25) is 9.36 Å². The topological polar surface area (TPSA) is 44.0 Å². The molecule has 6 heteroatoms. The van der Waals surface area contributed by atoms with Crippen LogP contribution >= 0.6 is 22.9 Å². The molecule has 0 N–H and O–H groups in total. The maximum atomic E-state index is 13.2. The van der Waals surface area contributed by atoms with Crippen molar-refractivity contribution in [1.82, 2.24) is 9.13 Å². The maximum absolute atomic E-state index is 13.2. The number of rotatable bonds is 3. The van der Waals surface area contributed by atoms with Gasteiger partial charge in [-0.15, -0.1) is 11.3 Å². The Morgan fingerprint density at radius 2 is 1.73 bits per heavy atom. The smallest absolute Gasteiger partial charge is 0.288 e. The normalized spacial score (nSPS) is 11.2. The number of hydrogen-bond donors (Lipinski definition) is 0. The van der Waals surface area contributed by atoms with Crippen LogP contribution < -0.4 is 11.2 Å². The van der Waals surface area contributed by atoms with E-state index in [0.717, 1.165) is 11.1 Å². The van der Waals surface area contributed by atoms with Crippen molar-refractivity contribution in [2.45, 2.75) is 13.5 Å². The van der Waals surface area contributed by atoms with E-state index < -0.39 is 0 Å². The first-order valence-corrected chi connectivity index (χ1v) is 9.35. The fourth-order valence-electron chi connectivity index (χ4n) is 2.96. The van der Waals surface area contributed by atoms with Crippen LogP contribution in [0.2, 0.25) is 5.02 Å². The number of thiophene rings is 1. The minimum absolute atomic E-state index is 0.292. The molecule has 0 aliphatic rings. The highest BCUT2D eigenvalue weighted by Gasteiger charge is 2.16. The van der Waals surface area contributed by atoms with Crippen LogP contribution in [0.5, 0.6) is 0 Å². The fraction of sp³-hybridized carbons (Fsp3) is 0.100. The highest BCUT2D eigenvalue weighted by molar-refractivity contribution is 7.17. The highest BCUT2D eigenvalue weighted by atomic mass is 35.5. The first-order chi connectivity index (χ1) is 12.6. The van der Waals surface area contributed by atoms with Crippen LogP contribution in [0.3, 0.4) is 0 Å². The Bertz CT molecular complexity index is 1220. The summed E-state index contributed by atoms with van der Waals surface area (Å²) in [6, 6.07) is 16.6. The average Bonchev–Trinajstić information content (AvgIpc) is 3.12. The quantitative estimate of drug-likeness (QED) is 0.532. The third-order valence-corrected chi connectivity index (χ3v) is 5.59. The molecule has 0 saturated carbocycles. The Morgan fingerprint density at radius 1 is 1.00 bits per heavy atom. The van der Waals surface area contributed by atoms with E-state index in [1.165, 1.54) is 15.9 Å². The predicted molar refractivity (Wildman–Crippen MR) is 107 cm³/mol. The monoisotopic (exact) mass is 382 g/mol. The van der Waals surface area contributed by atoms with Gasteiger partial charge in [0.2, 0.25) is 0 Å². The zero-order valence-electron chi connectivity index (χ0n) is 14.0. The molecule has 0 aliphatic heterocycles. The zero-order valence-corrected chi connectivity index (χ0v) is 15.6. The third-order valence-electron chi connectivity index (χ3n) is 4.33. The van der Waals surface area contributed by atoms with Gasteiger partial charge in [0.1, 0.15) is 4.70 Å². The van der Waals surface area contributed by atoms with Crippen molar-refractivity contribution in [3.63, 3.8) is 0 Å². The van der Waals surface area contributed by atoms with Crippen LogP contribution in [-0.2, 0) is 6.54 Å². The van der Waals surface area contributed by atoms with Crippen molar-refractivity contribution < 1.29 is 0 Å². The molecule has 2 heterocycles. The highest BCUT2D eigenvalue weighted by Crippen LogP contribution is 2.20. The van der Waals surface area contributed by atoms with Gasteiger partial charge < -0.3 is 0 Å². The number of fused-ring (bicyclic) bond motifs is 1. The van der Waals surface area contributed by atoms with Gasteiger partial charge in [-0.1, -0.05) is 47.5 Å². The summed E-state index contributed by atoms with van der Waals surface area (Å²) in [6.45, 7) is 2.27. The summed E-state index contributed by atoms with van der Waals surface area (Å²) in [4.78, 5) is 26.1. The van der Waals surface area contributed by atoms with Crippen LogP contribution in [0.25, 0.3) is 15.9 Å². The number of aryl methyl sites for hydroxylation is 1. The molecule has 0 bridgehead atoms. The molecule has 2 aromatic heterocycles. The van der Waals surface area contributed by atoms with E-state index >= 15 is 0 Å². The molecule has 130 valence electrons. The van der Waals surface area contributed by atoms with E-state index in [2.05, 4.69) is 0 Å². The van der Waals surface area contributed by atoms with Crippen molar-refractivity contribution in [2.75, 3.05) is 0 Å². The summed E-state index contributed by atoms with van der Waals surface area (Å²) in [6.07, 6.45) is 0. The van der Waals surface area contributed by atoms with Crippen LogP contribution in [0, 0.1) is 6.92 Å². The lowest BCUT2D eigenvalue weighted by Crippen LogP contribution is -2.38. The van der Waals surface area contributed by atoms with E-state index in [-0.39, 0.29) is 11.2 Å². The molecule has 2 aromatic carbocycles. The minimum Gasteiger partial charge on any atom is -0.288 e. The Kier molecular flexibility index (Phi) is 4.26. The summed E-state index contributed by atoms with van der Waals surface area (Å²) in [5.41, 5.74) is 2.43. The Hall–Kier alpha value is -2.63. The molecule has 4 rings (SSSR count). The van der Waals surface area contributed by atoms with E-state index in [1.807, 2.05) is 42.6 Å². The van der Waals surface area contributed by atoms with Crippen molar-refractivity contribution >= 4 is 33.2 Å². The summed E-state index contributed by atoms with van der Waals surface area (Å²) in [7, 11) is 0. The predicted octanol–water partition coefficient (Wildman–Crippen LogP) is 4.22. The lowest BCUT2D eigenvalue weighted by atomic mass is 10.2. The molecule has 0 spiro atoms. The van der Waals surface area contributed by atoms with Crippen LogP contribution in [0.4, 0.5) is 0 Å². The number of aromatic nitrogens is 2. The Labute approximate surface area is 158 Å². The number of hydrogen-bond acceptors (Lipinski definition) is 3. The second kappa shape index (κ2) is 6.59. The first kappa shape index (κ1) is 16.8. The van der Waals surface area contributed by atoms with Gasteiger partial charge in [0, 0.05) is 5.02 Å². The Balaban J connectivity index is 2.00. The van der Waals surface area contributed by atoms with E-state index in [1.54, 1.807) is 28.8 Å². The summed E-state index contributed by atoms with van der Waals surface area (Å²) < 4.78 is 3.39. The third kappa shape index (κ3) is 2.79. The van der Waals surface area contributed by atoms with Crippen molar-refractivity contribution in [2.24, 2.45) is 0 Å². The lowest BCUT2D eigenvalue weighted by molar-refractivity contribution is 0.716. The van der Waals surface area contributed by atoms with Gasteiger partial charge in [0.05, 0.1) is 17.7 Å². The van der Waals surface area contributed by atoms with Crippen LogP contribution in [0.15, 0.2) is 69.6 Å². The molecule has 0 aliphatic carbocycles. The molecule has 0 unspecified atom stereocenters. The van der Waals surface area contributed by atoms with Gasteiger partial charge in [-0.25, -0.2) is 9.36 Å². The van der Waals surface area contributed by atoms with Crippen molar-refractivity contribution in [1.29, 1.82) is 0 Å². The second-order valence-corrected chi connectivity index (χ2v) is 7.39. The SMILES string of the molecule is Cc1ccc(-n2c(=O)c3sccc3n(Cc3ccccc3Cl)c2=O)cc1. The molecule has 0 fully saturated rings.